The minimum atomic E-state index is -0.963. The van der Waals surface area contributed by atoms with Gasteiger partial charge in [-0.2, -0.15) is 0 Å². The molecule has 18 heavy (non-hydrogen) atoms. The predicted octanol–water partition coefficient (Wildman–Crippen LogP) is 4.30. The number of carbonyl (C=O) groups is 1. The monoisotopic (exact) mass is 249 g/mol. The maximum absolute atomic E-state index is 11.0. The number of aromatic carboxylic acids is 1. The van der Waals surface area contributed by atoms with E-state index in [-0.39, 0.29) is 20.6 Å². The normalized spacial score (nSPS) is 16.9. The van der Waals surface area contributed by atoms with Crippen molar-refractivity contribution in [1.29, 1.82) is 0 Å². The molecule has 1 aromatic heterocycles. The van der Waals surface area contributed by atoms with Gasteiger partial charge in [0.2, 0.25) is 5.76 Å². The standard InChI is InChI=1S/C13H17O3.2CH2/c14-13(15)12-11(8-9-16-12)10-6-4-2-1-3-5-7-10;;/h8-9H,1-7H2,(H,14,15);2*1H2. The van der Waals surface area contributed by atoms with E-state index in [0.717, 1.165) is 18.4 Å². The van der Waals surface area contributed by atoms with Gasteiger partial charge >= 0.3 is 5.97 Å². The van der Waals surface area contributed by atoms with Crippen molar-refractivity contribution in [3.8, 4) is 0 Å². The molecule has 3 heteroatoms. The molecule has 0 saturated heterocycles. The molecule has 0 bridgehead atoms. The van der Waals surface area contributed by atoms with Crippen LogP contribution in [0.25, 0.3) is 0 Å². The van der Waals surface area contributed by atoms with E-state index >= 15 is 0 Å². The fourth-order valence-electron chi connectivity index (χ4n) is 2.35. The zero-order chi connectivity index (χ0) is 11.4. The molecule has 0 atom stereocenters. The van der Waals surface area contributed by atoms with Crippen LogP contribution in [0.15, 0.2) is 16.7 Å². The lowest BCUT2D eigenvalue weighted by Gasteiger charge is -2.18. The van der Waals surface area contributed by atoms with Crippen LogP contribution in [0.4, 0.5) is 0 Å². The Labute approximate surface area is 110 Å². The first-order valence-electron chi connectivity index (χ1n) is 5.95. The van der Waals surface area contributed by atoms with Crippen LogP contribution in [0.1, 0.15) is 61.1 Å². The Balaban J connectivity index is 0.00000144. The molecule has 0 spiro atoms. The highest BCUT2D eigenvalue weighted by Crippen LogP contribution is 2.32. The average molecular weight is 249 g/mol. The number of rotatable bonds is 2. The maximum atomic E-state index is 11.0. The molecule has 0 unspecified atom stereocenters. The fourth-order valence-corrected chi connectivity index (χ4v) is 2.35. The summed E-state index contributed by atoms with van der Waals surface area (Å²) in [5.41, 5.74) is 0.814. The van der Waals surface area contributed by atoms with Gasteiger partial charge < -0.3 is 9.52 Å². The molecule has 1 aromatic rings. The third-order valence-electron chi connectivity index (χ3n) is 3.20. The second-order valence-corrected chi connectivity index (χ2v) is 4.34. The highest BCUT2D eigenvalue weighted by molar-refractivity contribution is 5.87. The second-order valence-electron chi connectivity index (χ2n) is 4.34. The van der Waals surface area contributed by atoms with Gasteiger partial charge in [0, 0.05) is 11.5 Å². The van der Waals surface area contributed by atoms with Gasteiger partial charge in [0.15, 0.2) is 0 Å². The summed E-state index contributed by atoms with van der Waals surface area (Å²) in [6, 6.07) is 1.79. The van der Waals surface area contributed by atoms with E-state index < -0.39 is 5.97 Å². The lowest BCUT2D eigenvalue weighted by Crippen LogP contribution is -2.07. The quantitative estimate of drug-likeness (QED) is 0.850. The first kappa shape index (κ1) is 16.8. The summed E-state index contributed by atoms with van der Waals surface area (Å²) < 4.78 is 5.03. The first-order valence-corrected chi connectivity index (χ1v) is 5.95. The topological polar surface area (TPSA) is 50.4 Å². The van der Waals surface area contributed by atoms with Gasteiger partial charge in [0.05, 0.1) is 6.26 Å². The highest BCUT2D eigenvalue weighted by atomic mass is 16.4. The van der Waals surface area contributed by atoms with Crippen LogP contribution in [-0.2, 0) is 0 Å². The van der Waals surface area contributed by atoms with Crippen molar-refractivity contribution < 1.29 is 14.3 Å². The molecule has 3 nitrogen and oxygen atoms in total. The summed E-state index contributed by atoms with van der Waals surface area (Å²) in [7, 11) is 0. The Morgan fingerprint density at radius 1 is 1.06 bits per heavy atom. The van der Waals surface area contributed by atoms with Crippen LogP contribution in [0.5, 0.6) is 0 Å². The summed E-state index contributed by atoms with van der Waals surface area (Å²) in [5.74, 6) is 0.399. The van der Waals surface area contributed by atoms with Crippen molar-refractivity contribution in [3.63, 3.8) is 0 Å². The van der Waals surface area contributed by atoms with Gasteiger partial charge in [-0.1, -0.05) is 47.0 Å². The summed E-state index contributed by atoms with van der Waals surface area (Å²) in [6.45, 7) is 0. The number of carboxylic acids is 1. The summed E-state index contributed by atoms with van der Waals surface area (Å²) >= 11 is 0. The Hall–Kier alpha value is -1.25. The molecule has 99 valence electrons. The number of hydrogen-bond donors (Lipinski definition) is 1. The molecule has 1 heterocycles. The molecule has 1 aliphatic carbocycles. The Bertz CT molecular complexity index is 346. The molecule has 1 N–H and O–H groups in total. The summed E-state index contributed by atoms with van der Waals surface area (Å²) in [6.07, 6.45) is 9.65. The van der Waals surface area contributed by atoms with Crippen molar-refractivity contribution in [2.24, 2.45) is 0 Å². The van der Waals surface area contributed by atoms with Crippen LogP contribution in [0, 0.1) is 20.8 Å². The Morgan fingerprint density at radius 3 is 2.17 bits per heavy atom. The maximum Gasteiger partial charge on any atom is 0.372 e. The SMILES string of the molecule is O=C(O)c1occc1[C]1CCCCCCC1.[CH2].[CH2]. The lowest BCUT2D eigenvalue weighted by atomic mass is 9.86. The van der Waals surface area contributed by atoms with Gasteiger partial charge in [-0.05, 0) is 18.9 Å². The minimum Gasteiger partial charge on any atom is -0.475 e. The van der Waals surface area contributed by atoms with E-state index in [9.17, 15) is 4.79 Å². The van der Waals surface area contributed by atoms with Crippen LogP contribution < -0.4 is 0 Å². The van der Waals surface area contributed by atoms with Gasteiger partial charge in [-0.15, -0.1) is 0 Å². The van der Waals surface area contributed by atoms with Crippen molar-refractivity contribution in [2.75, 3.05) is 0 Å². The Morgan fingerprint density at radius 2 is 1.61 bits per heavy atom. The largest absolute Gasteiger partial charge is 0.475 e. The van der Waals surface area contributed by atoms with E-state index in [1.807, 2.05) is 0 Å². The van der Waals surface area contributed by atoms with Crippen LogP contribution in [0.2, 0.25) is 0 Å². The second kappa shape index (κ2) is 7.96. The van der Waals surface area contributed by atoms with E-state index in [1.165, 1.54) is 44.3 Å². The molecule has 0 aromatic carbocycles. The average Bonchev–Trinajstić information content (AvgIpc) is 2.65. The highest BCUT2D eigenvalue weighted by Gasteiger charge is 2.22. The van der Waals surface area contributed by atoms with E-state index in [1.54, 1.807) is 6.07 Å². The Kier molecular flexibility index (Phi) is 7.41. The lowest BCUT2D eigenvalue weighted by molar-refractivity contribution is 0.0661. The van der Waals surface area contributed by atoms with Gasteiger partial charge in [-0.25, -0.2) is 4.79 Å². The van der Waals surface area contributed by atoms with Crippen molar-refractivity contribution in [3.05, 3.63) is 44.4 Å². The van der Waals surface area contributed by atoms with Gasteiger partial charge in [0.25, 0.3) is 0 Å². The number of furan rings is 1. The number of hydrogen-bond acceptors (Lipinski definition) is 2. The van der Waals surface area contributed by atoms with Crippen molar-refractivity contribution in [2.45, 2.75) is 44.9 Å². The van der Waals surface area contributed by atoms with Crippen LogP contribution >= 0.6 is 0 Å². The van der Waals surface area contributed by atoms with E-state index in [4.69, 9.17) is 9.52 Å². The molecule has 0 amide bonds. The van der Waals surface area contributed by atoms with Gasteiger partial charge in [0.1, 0.15) is 0 Å². The molecule has 0 aliphatic heterocycles. The van der Waals surface area contributed by atoms with Crippen molar-refractivity contribution in [1.82, 2.24) is 0 Å². The van der Waals surface area contributed by atoms with Crippen LogP contribution in [0.3, 0.4) is 0 Å². The van der Waals surface area contributed by atoms with Crippen molar-refractivity contribution >= 4 is 5.97 Å². The molecular formula is C15H21O3. The molecule has 1 saturated carbocycles. The summed E-state index contributed by atoms with van der Waals surface area (Å²) in [5, 5.41) is 9.00. The predicted molar refractivity (Wildman–Crippen MR) is 71.0 cm³/mol. The zero-order valence-corrected chi connectivity index (χ0v) is 10.8. The molecule has 1 aliphatic rings. The fraction of sp³-hybridized carbons (Fsp3) is 0.467. The summed E-state index contributed by atoms with van der Waals surface area (Å²) in [4.78, 5) is 11.0. The third-order valence-corrected chi connectivity index (χ3v) is 3.20. The van der Waals surface area contributed by atoms with E-state index in [2.05, 4.69) is 0 Å². The molecule has 1 fully saturated rings. The van der Waals surface area contributed by atoms with E-state index in [0.29, 0.717) is 0 Å². The third kappa shape index (κ3) is 3.90. The minimum absolute atomic E-state index is 0. The molecular weight excluding hydrogens is 228 g/mol. The first-order chi connectivity index (χ1) is 7.79. The smallest absolute Gasteiger partial charge is 0.372 e. The molecule has 5 radical (unpaired) electrons. The number of carboxylic acid groups (broad SMARTS) is 1. The zero-order valence-electron chi connectivity index (χ0n) is 10.8. The van der Waals surface area contributed by atoms with Crippen LogP contribution in [-0.4, -0.2) is 11.1 Å². The van der Waals surface area contributed by atoms with Gasteiger partial charge in [-0.3, -0.25) is 0 Å². The molecule has 2 rings (SSSR count).